The number of rotatable bonds is 3. The molecule has 5 heteroatoms. The summed E-state index contributed by atoms with van der Waals surface area (Å²) in [5, 5.41) is 13.2. The molecule has 1 N–H and O–H groups in total. The fourth-order valence-electron chi connectivity index (χ4n) is 1.95. The van der Waals surface area contributed by atoms with Gasteiger partial charge in [0.15, 0.2) is 0 Å². The Balaban J connectivity index is 2.00. The third kappa shape index (κ3) is 1.78. The Morgan fingerprint density at radius 3 is 3.14 bits per heavy atom. The predicted molar refractivity (Wildman–Crippen MR) is 51.5 cm³/mol. The van der Waals surface area contributed by atoms with Crippen molar-refractivity contribution in [3.63, 3.8) is 0 Å². The second-order valence-corrected chi connectivity index (χ2v) is 3.75. The molecule has 0 bridgehead atoms. The van der Waals surface area contributed by atoms with Crippen molar-refractivity contribution in [1.29, 1.82) is 0 Å². The van der Waals surface area contributed by atoms with Gasteiger partial charge in [0.2, 0.25) is 0 Å². The van der Waals surface area contributed by atoms with Crippen LogP contribution in [0.3, 0.4) is 0 Å². The largest absolute Gasteiger partial charge is 0.395 e. The first kappa shape index (κ1) is 9.61. The van der Waals surface area contributed by atoms with Gasteiger partial charge in [0.05, 0.1) is 13.2 Å². The highest BCUT2D eigenvalue weighted by atomic mass is 16.3. The molecule has 0 aromatic carbocycles. The molecule has 1 aliphatic heterocycles. The minimum atomic E-state index is 0.248. The van der Waals surface area contributed by atoms with Crippen LogP contribution in [0.5, 0.6) is 0 Å². The highest BCUT2D eigenvalue weighted by Crippen LogP contribution is 2.18. The first-order valence-corrected chi connectivity index (χ1v) is 4.99. The number of aryl methyl sites for hydroxylation is 1. The third-order valence-corrected chi connectivity index (χ3v) is 2.86. The number of likely N-dealkylation sites (tertiary alicyclic amines) is 1. The maximum Gasteiger partial charge on any atom is 0.140 e. The van der Waals surface area contributed by atoms with Gasteiger partial charge < -0.3 is 5.11 Å². The summed E-state index contributed by atoms with van der Waals surface area (Å²) < 4.78 is 1.78. The summed E-state index contributed by atoms with van der Waals surface area (Å²) in [5.74, 6) is 0.963. The summed E-state index contributed by atoms with van der Waals surface area (Å²) in [7, 11) is 1.90. The van der Waals surface area contributed by atoms with Crippen molar-refractivity contribution < 1.29 is 5.11 Å². The van der Waals surface area contributed by atoms with E-state index in [9.17, 15) is 0 Å². The second kappa shape index (κ2) is 4.06. The van der Waals surface area contributed by atoms with E-state index in [2.05, 4.69) is 15.0 Å². The molecule has 78 valence electrons. The van der Waals surface area contributed by atoms with Gasteiger partial charge >= 0.3 is 0 Å². The molecule has 1 atom stereocenters. The van der Waals surface area contributed by atoms with E-state index < -0.39 is 0 Å². The average Bonchev–Trinajstić information content (AvgIpc) is 2.77. The molecule has 14 heavy (non-hydrogen) atoms. The Morgan fingerprint density at radius 2 is 2.50 bits per heavy atom. The Kier molecular flexibility index (Phi) is 2.79. The quantitative estimate of drug-likeness (QED) is 0.725. The number of hydrogen-bond acceptors (Lipinski definition) is 4. The number of aliphatic hydroxyl groups excluding tert-OH is 1. The van der Waals surface area contributed by atoms with Crippen LogP contribution in [0.2, 0.25) is 0 Å². The number of hydrogen-bond donors (Lipinski definition) is 1. The van der Waals surface area contributed by atoms with E-state index in [1.807, 2.05) is 7.05 Å². The SMILES string of the molecule is Cn1ncnc1CN1CCCC1CO. The predicted octanol–water partition coefficient (Wildman–Crippen LogP) is -0.228. The summed E-state index contributed by atoms with van der Waals surface area (Å²) in [6.45, 7) is 2.09. The van der Waals surface area contributed by atoms with Crippen molar-refractivity contribution in [2.45, 2.75) is 25.4 Å². The van der Waals surface area contributed by atoms with Gasteiger partial charge in [-0.2, -0.15) is 5.10 Å². The molecule has 0 radical (unpaired) electrons. The summed E-state index contributed by atoms with van der Waals surface area (Å²) in [6.07, 6.45) is 3.83. The van der Waals surface area contributed by atoms with Crippen LogP contribution in [0.4, 0.5) is 0 Å². The van der Waals surface area contributed by atoms with Gasteiger partial charge in [0, 0.05) is 13.1 Å². The van der Waals surface area contributed by atoms with E-state index >= 15 is 0 Å². The molecule has 1 aromatic heterocycles. The van der Waals surface area contributed by atoms with E-state index in [0.29, 0.717) is 6.04 Å². The maximum atomic E-state index is 9.15. The molecule has 1 aromatic rings. The molecule has 0 spiro atoms. The lowest BCUT2D eigenvalue weighted by molar-refractivity contribution is 0.150. The fourth-order valence-corrected chi connectivity index (χ4v) is 1.95. The number of aromatic nitrogens is 3. The molecule has 1 fully saturated rings. The molecular formula is C9H16N4O. The van der Waals surface area contributed by atoms with Crippen LogP contribution in [0.1, 0.15) is 18.7 Å². The lowest BCUT2D eigenvalue weighted by Gasteiger charge is -2.21. The van der Waals surface area contributed by atoms with Gasteiger partial charge in [-0.05, 0) is 19.4 Å². The highest BCUT2D eigenvalue weighted by molar-refractivity contribution is 4.88. The average molecular weight is 196 g/mol. The summed E-state index contributed by atoms with van der Waals surface area (Å²) in [5.41, 5.74) is 0. The van der Waals surface area contributed by atoms with Crippen LogP contribution >= 0.6 is 0 Å². The van der Waals surface area contributed by atoms with Gasteiger partial charge in [-0.3, -0.25) is 9.58 Å². The molecule has 1 unspecified atom stereocenters. The van der Waals surface area contributed by atoms with Gasteiger partial charge in [0.1, 0.15) is 12.2 Å². The topological polar surface area (TPSA) is 54.2 Å². The molecule has 2 rings (SSSR count). The molecule has 1 aliphatic rings. The van der Waals surface area contributed by atoms with Gasteiger partial charge in [-0.15, -0.1) is 0 Å². The Morgan fingerprint density at radius 1 is 1.64 bits per heavy atom. The third-order valence-electron chi connectivity index (χ3n) is 2.86. The zero-order chi connectivity index (χ0) is 9.97. The molecule has 0 saturated carbocycles. The van der Waals surface area contributed by atoms with Crippen molar-refractivity contribution in [2.75, 3.05) is 13.2 Å². The van der Waals surface area contributed by atoms with Crippen molar-refractivity contribution in [1.82, 2.24) is 19.7 Å². The zero-order valence-corrected chi connectivity index (χ0v) is 8.43. The second-order valence-electron chi connectivity index (χ2n) is 3.75. The normalized spacial score (nSPS) is 23.1. The minimum Gasteiger partial charge on any atom is -0.395 e. The lowest BCUT2D eigenvalue weighted by Crippen LogP contribution is -2.32. The first-order valence-electron chi connectivity index (χ1n) is 4.99. The van der Waals surface area contributed by atoms with Crippen LogP contribution in [0.15, 0.2) is 6.33 Å². The molecule has 2 heterocycles. The van der Waals surface area contributed by atoms with Gasteiger partial charge in [-0.1, -0.05) is 0 Å². The van der Waals surface area contributed by atoms with Crippen LogP contribution in [-0.2, 0) is 13.6 Å². The van der Waals surface area contributed by atoms with Crippen LogP contribution in [0, 0.1) is 0 Å². The number of nitrogens with zero attached hydrogens (tertiary/aromatic N) is 4. The smallest absolute Gasteiger partial charge is 0.140 e. The molecule has 0 aliphatic carbocycles. The minimum absolute atomic E-state index is 0.248. The molecule has 0 amide bonds. The van der Waals surface area contributed by atoms with E-state index in [4.69, 9.17) is 5.11 Å². The standard InChI is InChI=1S/C9H16N4O/c1-12-9(10-7-11-12)5-13-4-2-3-8(13)6-14/h7-8,14H,2-6H2,1H3. The van der Waals surface area contributed by atoms with Crippen LogP contribution < -0.4 is 0 Å². The highest BCUT2D eigenvalue weighted by Gasteiger charge is 2.24. The zero-order valence-electron chi connectivity index (χ0n) is 8.43. The lowest BCUT2D eigenvalue weighted by atomic mass is 10.2. The number of aliphatic hydroxyl groups is 1. The van der Waals surface area contributed by atoms with Crippen LogP contribution in [0.25, 0.3) is 0 Å². The molecular weight excluding hydrogens is 180 g/mol. The maximum absolute atomic E-state index is 9.15. The fraction of sp³-hybridized carbons (Fsp3) is 0.778. The molecule has 1 saturated heterocycles. The monoisotopic (exact) mass is 196 g/mol. The van der Waals surface area contributed by atoms with Crippen LogP contribution in [-0.4, -0.2) is 44.0 Å². The van der Waals surface area contributed by atoms with E-state index in [1.54, 1.807) is 11.0 Å². The van der Waals surface area contributed by atoms with Gasteiger partial charge in [-0.25, -0.2) is 4.98 Å². The van der Waals surface area contributed by atoms with Crippen molar-refractivity contribution in [2.24, 2.45) is 7.05 Å². The molecule has 5 nitrogen and oxygen atoms in total. The Labute approximate surface area is 83.4 Å². The van der Waals surface area contributed by atoms with E-state index in [-0.39, 0.29) is 6.61 Å². The van der Waals surface area contributed by atoms with Crippen molar-refractivity contribution in [3.05, 3.63) is 12.2 Å². The Bertz CT molecular complexity index is 299. The van der Waals surface area contributed by atoms with E-state index in [1.165, 1.54) is 6.42 Å². The summed E-state index contributed by atoms with van der Waals surface area (Å²) in [6, 6.07) is 0.312. The first-order chi connectivity index (χ1) is 6.81. The Hall–Kier alpha value is -0.940. The summed E-state index contributed by atoms with van der Waals surface area (Å²) in [4.78, 5) is 6.44. The van der Waals surface area contributed by atoms with Crippen molar-refractivity contribution >= 4 is 0 Å². The summed E-state index contributed by atoms with van der Waals surface area (Å²) >= 11 is 0. The van der Waals surface area contributed by atoms with Crippen molar-refractivity contribution in [3.8, 4) is 0 Å². The van der Waals surface area contributed by atoms with Gasteiger partial charge in [0.25, 0.3) is 0 Å². The van der Waals surface area contributed by atoms with E-state index in [0.717, 1.165) is 25.3 Å².